The summed E-state index contributed by atoms with van der Waals surface area (Å²) in [6.45, 7) is 6.92. The lowest BCUT2D eigenvalue weighted by atomic mass is 9.88. The number of nitrogens with zero attached hydrogens (tertiary/aromatic N) is 1. The number of ether oxygens (including phenoxy) is 2. The largest absolute Gasteiger partial charge is 0.482 e. The monoisotopic (exact) mass is 379 g/mol. The molecule has 1 aromatic carbocycles. The van der Waals surface area contributed by atoms with Crippen LogP contribution in [0.15, 0.2) is 30.3 Å². The molecule has 1 aromatic rings. The second-order valence-electron chi connectivity index (χ2n) is 7.12. The highest BCUT2D eigenvalue weighted by molar-refractivity contribution is 9.15. The number of carbonyl (C=O) groups excluding carboxylic acids is 1. The second kappa shape index (κ2) is 5.86. The van der Waals surface area contributed by atoms with Gasteiger partial charge in [0, 0.05) is 36.0 Å². The molecule has 124 valence electrons. The molecule has 1 saturated heterocycles. The lowest BCUT2D eigenvalue weighted by molar-refractivity contribution is -0.00105. The maximum Gasteiger partial charge on any atom is 0.410 e. The molecule has 2 aliphatic rings. The van der Waals surface area contributed by atoms with E-state index in [0.717, 1.165) is 28.6 Å². The molecule has 1 spiro atoms. The van der Waals surface area contributed by atoms with Crippen LogP contribution >= 0.6 is 15.9 Å². The van der Waals surface area contributed by atoms with Crippen molar-refractivity contribution < 1.29 is 14.3 Å². The normalized spacial score (nSPS) is 19.7. The van der Waals surface area contributed by atoms with Gasteiger partial charge in [-0.2, -0.15) is 0 Å². The summed E-state index contributed by atoms with van der Waals surface area (Å²) in [5.74, 6) is 0.896. The first-order chi connectivity index (χ1) is 10.8. The van der Waals surface area contributed by atoms with Crippen LogP contribution in [0.2, 0.25) is 0 Å². The Hall–Kier alpha value is -1.49. The fraction of sp³-hybridized carbons (Fsp3) is 0.500. The van der Waals surface area contributed by atoms with Crippen LogP contribution in [0, 0.1) is 0 Å². The van der Waals surface area contributed by atoms with Crippen LogP contribution in [0.4, 0.5) is 4.79 Å². The van der Waals surface area contributed by atoms with Crippen molar-refractivity contribution in [2.24, 2.45) is 0 Å². The van der Waals surface area contributed by atoms with E-state index in [9.17, 15) is 4.79 Å². The van der Waals surface area contributed by atoms with Crippen LogP contribution in [0.1, 0.15) is 39.2 Å². The third kappa shape index (κ3) is 3.55. The van der Waals surface area contributed by atoms with Gasteiger partial charge in [0.1, 0.15) is 17.0 Å². The van der Waals surface area contributed by atoms with Crippen molar-refractivity contribution >= 4 is 26.5 Å². The Kier molecular flexibility index (Phi) is 4.17. The molecule has 0 radical (unpaired) electrons. The highest BCUT2D eigenvalue weighted by Gasteiger charge is 2.40. The van der Waals surface area contributed by atoms with E-state index in [4.69, 9.17) is 9.47 Å². The molecule has 0 N–H and O–H groups in total. The lowest BCUT2D eigenvalue weighted by Gasteiger charge is -2.42. The summed E-state index contributed by atoms with van der Waals surface area (Å²) in [5.41, 5.74) is 0.272. The van der Waals surface area contributed by atoms with Crippen molar-refractivity contribution in [3.8, 4) is 5.75 Å². The zero-order valence-electron chi connectivity index (χ0n) is 13.8. The number of hydrogen-bond acceptors (Lipinski definition) is 3. The molecule has 1 fully saturated rings. The van der Waals surface area contributed by atoms with Gasteiger partial charge in [0.05, 0.1) is 0 Å². The summed E-state index contributed by atoms with van der Waals surface area (Å²) in [7, 11) is 0. The average Bonchev–Trinajstić information content (AvgIpc) is 2.46. The molecule has 5 heteroatoms. The molecule has 1 amide bonds. The topological polar surface area (TPSA) is 38.8 Å². The molecule has 0 aliphatic carbocycles. The van der Waals surface area contributed by atoms with Gasteiger partial charge < -0.3 is 14.4 Å². The smallest absolute Gasteiger partial charge is 0.410 e. The van der Waals surface area contributed by atoms with Crippen LogP contribution in [0.25, 0.3) is 4.48 Å². The van der Waals surface area contributed by atoms with Crippen LogP contribution < -0.4 is 4.74 Å². The molecule has 2 aliphatic heterocycles. The Labute approximate surface area is 145 Å². The Bertz CT molecular complexity index is 640. The maximum absolute atomic E-state index is 12.2. The van der Waals surface area contributed by atoms with Crippen molar-refractivity contribution in [1.29, 1.82) is 0 Å². The van der Waals surface area contributed by atoms with E-state index in [1.165, 1.54) is 0 Å². The minimum Gasteiger partial charge on any atom is -0.482 e. The third-order valence-electron chi connectivity index (χ3n) is 4.11. The van der Waals surface area contributed by atoms with Crippen LogP contribution in [-0.2, 0) is 4.74 Å². The second-order valence-corrected chi connectivity index (χ2v) is 7.98. The number of likely N-dealkylation sites (tertiary alicyclic amines) is 1. The van der Waals surface area contributed by atoms with Gasteiger partial charge in [-0.1, -0.05) is 34.1 Å². The van der Waals surface area contributed by atoms with E-state index in [0.29, 0.717) is 13.1 Å². The van der Waals surface area contributed by atoms with Gasteiger partial charge in [0.2, 0.25) is 0 Å². The van der Waals surface area contributed by atoms with Crippen molar-refractivity contribution in [3.05, 3.63) is 35.9 Å². The summed E-state index contributed by atoms with van der Waals surface area (Å²) >= 11 is 3.66. The van der Waals surface area contributed by atoms with Gasteiger partial charge in [-0.25, -0.2) is 4.79 Å². The van der Waals surface area contributed by atoms with Gasteiger partial charge in [-0.05, 0) is 32.9 Å². The van der Waals surface area contributed by atoms with Crippen LogP contribution in [-0.4, -0.2) is 35.3 Å². The quantitative estimate of drug-likeness (QED) is 0.661. The molecule has 0 bridgehead atoms. The third-order valence-corrected chi connectivity index (χ3v) is 4.76. The average molecular weight is 380 g/mol. The fourth-order valence-corrected chi connectivity index (χ4v) is 3.70. The molecule has 0 unspecified atom stereocenters. The first-order valence-corrected chi connectivity index (χ1v) is 8.72. The van der Waals surface area contributed by atoms with E-state index < -0.39 is 5.60 Å². The first kappa shape index (κ1) is 16.4. The molecule has 0 saturated carbocycles. The minimum atomic E-state index is -0.463. The van der Waals surface area contributed by atoms with Gasteiger partial charge in [-0.15, -0.1) is 0 Å². The van der Waals surface area contributed by atoms with Gasteiger partial charge in [0.25, 0.3) is 0 Å². The number of hydrogen-bond donors (Lipinski definition) is 0. The number of piperidine rings is 1. The highest BCUT2D eigenvalue weighted by atomic mass is 79.9. The number of halogens is 1. The van der Waals surface area contributed by atoms with Gasteiger partial charge in [-0.3, -0.25) is 0 Å². The van der Waals surface area contributed by atoms with E-state index in [2.05, 4.69) is 22.0 Å². The molecule has 4 nitrogen and oxygen atoms in total. The van der Waals surface area contributed by atoms with Crippen molar-refractivity contribution in [3.63, 3.8) is 0 Å². The predicted molar refractivity (Wildman–Crippen MR) is 93.7 cm³/mol. The standard InChI is InChI=1S/C18H22BrNO3/c1-17(2,3)23-16(21)20-10-8-18(9-11-20)12-14(19)13-6-4-5-7-15(13)22-18/h4-7,12H,8-11H2,1-3H3. The number of benzene rings is 1. The lowest BCUT2D eigenvalue weighted by Crippen LogP contribution is -2.50. The summed E-state index contributed by atoms with van der Waals surface area (Å²) in [4.78, 5) is 14.0. The van der Waals surface area contributed by atoms with Crippen molar-refractivity contribution in [2.75, 3.05) is 13.1 Å². The summed E-state index contributed by atoms with van der Waals surface area (Å²) < 4.78 is 12.8. The highest BCUT2D eigenvalue weighted by Crippen LogP contribution is 2.42. The number of carbonyl (C=O) groups is 1. The van der Waals surface area contributed by atoms with E-state index in [-0.39, 0.29) is 11.7 Å². The van der Waals surface area contributed by atoms with Crippen molar-refractivity contribution in [1.82, 2.24) is 4.90 Å². The van der Waals surface area contributed by atoms with Gasteiger partial charge in [0.15, 0.2) is 0 Å². The van der Waals surface area contributed by atoms with Gasteiger partial charge >= 0.3 is 6.09 Å². The molecule has 2 heterocycles. The fourth-order valence-electron chi connectivity index (χ4n) is 2.95. The molecule has 0 aromatic heterocycles. The maximum atomic E-state index is 12.2. The van der Waals surface area contributed by atoms with Crippen LogP contribution in [0.3, 0.4) is 0 Å². The van der Waals surface area contributed by atoms with Crippen molar-refractivity contribution in [2.45, 2.75) is 44.8 Å². The SMILES string of the molecule is CC(C)(C)OC(=O)N1CCC2(C=C(Br)c3ccccc3O2)CC1. The molecule has 3 rings (SSSR count). The Morgan fingerprint density at radius 2 is 1.91 bits per heavy atom. The molecule has 23 heavy (non-hydrogen) atoms. The summed E-state index contributed by atoms with van der Waals surface area (Å²) in [6.07, 6.45) is 3.42. The zero-order chi connectivity index (χ0) is 16.7. The number of para-hydroxylation sites is 1. The molecular weight excluding hydrogens is 358 g/mol. The van der Waals surface area contributed by atoms with E-state index >= 15 is 0 Å². The minimum absolute atomic E-state index is 0.244. The molecule has 0 atom stereocenters. The number of fused-ring (bicyclic) bond motifs is 1. The predicted octanol–water partition coefficient (Wildman–Crippen LogP) is 4.58. The number of rotatable bonds is 0. The van der Waals surface area contributed by atoms with E-state index in [1.807, 2.05) is 45.0 Å². The van der Waals surface area contributed by atoms with E-state index in [1.54, 1.807) is 4.90 Å². The first-order valence-electron chi connectivity index (χ1n) is 7.93. The number of amides is 1. The Morgan fingerprint density at radius 3 is 2.57 bits per heavy atom. The van der Waals surface area contributed by atoms with Crippen LogP contribution in [0.5, 0.6) is 5.75 Å². The summed E-state index contributed by atoms with van der Waals surface area (Å²) in [6, 6.07) is 8.01. The Morgan fingerprint density at radius 1 is 1.26 bits per heavy atom. The molecular formula is C18H22BrNO3. The zero-order valence-corrected chi connectivity index (χ0v) is 15.4. The summed E-state index contributed by atoms with van der Waals surface area (Å²) in [5, 5.41) is 0. The Balaban J connectivity index is 1.70.